The van der Waals surface area contributed by atoms with Gasteiger partial charge in [0.2, 0.25) is 0 Å². The Hall–Kier alpha value is -0.350. The van der Waals surface area contributed by atoms with Crippen molar-refractivity contribution in [3.8, 4) is 0 Å². The van der Waals surface area contributed by atoms with Crippen molar-refractivity contribution in [3.05, 3.63) is 14.4 Å². The van der Waals surface area contributed by atoms with E-state index in [1.807, 2.05) is 0 Å². The Morgan fingerprint density at radius 2 is 2.18 bits per heavy atom. The summed E-state index contributed by atoms with van der Waals surface area (Å²) in [5.41, 5.74) is 0. The Bertz CT molecular complexity index is 134. The molecule has 2 aliphatic rings. The van der Waals surface area contributed by atoms with E-state index in [1.165, 1.54) is 6.54 Å². The molecule has 2 aliphatic heterocycles. The zero-order valence-corrected chi connectivity index (χ0v) is 10.7. The molecule has 2 rings (SSSR count). The SMILES string of the molecule is [CH2-]C1C2CN(I)C1CN2.[CH3-].[Lr]. The molecule has 2 fully saturated rings. The van der Waals surface area contributed by atoms with Crippen LogP contribution in [0.25, 0.3) is 0 Å². The fourth-order valence-electron chi connectivity index (χ4n) is 1.67. The van der Waals surface area contributed by atoms with Crippen molar-refractivity contribution in [1.82, 2.24) is 8.43 Å². The van der Waals surface area contributed by atoms with Gasteiger partial charge in [-0.3, -0.25) is 0 Å². The van der Waals surface area contributed by atoms with Crippen molar-refractivity contribution in [2.45, 2.75) is 12.1 Å². The van der Waals surface area contributed by atoms with Gasteiger partial charge in [-0.25, -0.2) is 3.11 Å². The molecule has 2 heterocycles. The van der Waals surface area contributed by atoms with Gasteiger partial charge in [-0.15, -0.1) is 5.92 Å². The van der Waals surface area contributed by atoms with Crippen LogP contribution in [0.5, 0.6) is 0 Å². The molecule has 0 aromatic heterocycles. The minimum atomic E-state index is 0. The molecule has 2 nitrogen and oxygen atoms in total. The molecule has 0 aromatic rings. The molecule has 0 amide bonds. The second-order valence-electron chi connectivity index (χ2n) is 2.83. The van der Waals surface area contributed by atoms with Crippen molar-refractivity contribution >= 4 is 22.9 Å². The van der Waals surface area contributed by atoms with Gasteiger partial charge in [0.05, 0.1) is 0 Å². The molecule has 4 heteroatoms. The summed E-state index contributed by atoms with van der Waals surface area (Å²) >= 11 is 2.39. The molecule has 0 spiro atoms. The van der Waals surface area contributed by atoms with Gasteiger partial charge >= 0.3 is 0 Å². The Balaban J connectivity index is 0.000000500. The van der Waals surface area contributed by atoms with Crippen molar-refractivity contribution in [3.63, 3.8) is 0 Å². The maximum absolute atomic E-state index is 4.10. The largest absolute Gasteiger partial charge is 0.358 e. The second kappa shape index (κ2) is 3.36. The fourth-order valence-corrected chi connectivity index (χ4v) is 2.71. The number of halogens is 1. The number of hydrogen-bond donors (Lipinski definition) is 1. The number of nitrogens with one attached hydrogen (secondary N) is 1. The van der Waals surface area contributed by atoms with Gasteiger partial charge in [-0.05, 0) is 6.04 Å². The molecule has 2 saturated heterocycles. The molecule has 2 bridgehead atoms. The zero-order valence-electron chi connectivity index (χ0n) is 6.44. The smallest absolute Gasteiger partial charge is 0.0216 e. The first-order valence-corrected chi connectivity index (χ1v) is 4.24. The van der Waals surface area contributed by atoms with Crippen LogP contribution in [0.2, 0.25) is 0 Å². The molecule has 3 unspecified atom stereocenters. The molecule has 75 valence electrons. The van der Waals surface area contributed by atoms with E-state index in [0.29, 0.717) is 18.0 Å². The second-order valence-corrected chi connectivity index (χ2v) is 4.07. The van der Waals surface area contributed by atoms with E-state index in [4.69, 9.17) is 0 Å². The normalized spacial score (nSPS) is 41.5. The van der Waals surface area contributed by atoms with E-state index in [2.05, 4.69) is 38.2 Å². The van der Waals surface area contributed by atoms with Gasteiger partial charge in [-0.1, -0.05) is 0 Å². The summed E-state index contributed by atoms with van der Waals surface area (Å²) in [5.74, 6) is 0.627. The van der Waals surface area contributed by atoms with Crippen molar-refractivity contribution in [2.24, 2.45) is 5.92 Å². The molecule has 3 atom stereocenters. The zero-order chi connectivity index (χ0) is 6.43. The maximum atomic E-state index is 4.10. The number of rotatable bonds is 0. The van der Waals surface area contributed by atoms with Gasteiger partial charge in [0.25, 0.3) is 0 Å². The van der Waals surface area contributed by atoms with E-state index >= 15 is 0 Å². The molecule has 1 N–H and O–H groups in total. The summed E-state index contributed by atoms with van der Waals surface area (Å²) in [6, 6.07) is 1.38. The van der Waals surface area contributed by atoms with E-state index < -0.39 is 0 Å². The number of nitrogens with zero attached hydrogens (tertiary/aromatic N) is 1. The van der Waals surface area contributed by atoms with Crippen LogP contribution >= 0.6 is 22.9 Å². The molecule has 0 saturated carbocycles. The van der Waals surface area contributed by atoms with Crippen molar-refractivity contribution in [1.29, 1.82) is 0 Å². The van der Waals surface area contributed by atoms with Gasteiger partial charge in [-0.2, -0.15) is 0 Å². The predicted octanol–water partition coefficient (Wildman–Crippen LogP) is 0.893. The summed E-state index contributed by atoms with van der Waals surface area (Å²) in [4.78, 5) is 0. The number of fused-ring (bicyclic) bond motifs is 2. The Labute approximate surface area is 76.9 Å². The van der Waals surface area contributed by atoms with Crippen LogP contribution in [0, 0.1) is 20.3 Å². The molecular formula is C7H13ILrN2-2. The first-order valence-electron chi connectivity index (χ1n) is 3.28. The molecule has 0 aromatic carbocycles. The van der Waals surface area contributed by atoms with Gasteiger partial charge in [0.15, 0.2) is 0 Å². The van der Waals surface area contributed by atoms with E-state index in [-0.39, 0.29) is 7.43 Å². The van der Waals surface area contributed by atoms with Crippen LogP contribution in [0.1, 0.15) is 0 Å². The summed E-state index contributed by atoms with van der Waals surface area (Å²) in [6.45, 7) is 6.42. The monoisotopic (exact) mass is 514 g/mol. The third-order valence-electron chi connectivity index (χ3n) is 2.33. The number of piperazine rings is 1. The van der Waals surface area contributed by atoms with Crippen molar-refractivity contribution < 1.29 is 0 Å². The Kier molecular flexibility index (Phi) is 3.26. The van der Waals surface area contributed by atoms with Crippen LogP contribution < -0.4 is 5.32 Å². The average Bonchev–Trinajstić information content (AvgIpc) is 2.25. The molecule has 11 heavy (non-hydrogen) atoms. The van der Waals surface area contributed by atoms with Crippen molar-refractivity contribution in [2.75, 3.05) is 13.1 Å². The van der Waals surface area contributed by atoms with Crippen LogP contribution in [0.3, 0.4) is 0 Å². The van der Waals surface area contributed by atoms with Gasteiger partial charge in [0, 0.05) is 42.0 Å². The van der Waals surface area contributed by atoms with E-state index in [0.717, 1.165) is 6.54 Å². The average molecular weight is 514 g/mol. The third kappa shape index (κ3) is 1.32. The first-order chi connectivity index (χ1) is 4.29. The van der Waals surface area contributed by atoms with Crippen LogP contribution in [0.4, 0.5) is 0 Å². The minimum Gasteiger partial charge on any atom is -0.358 e. The minimum absolute atomic E-state index is 0. The molecule has 0 aliphatic carbocycles. The summed E-state index contributed by atoms with van der Waals surface area (Å²) in [6.07, 6.45) is 0. The standard InChI is InChI=1S/C6H10IN2.CH3.Lr/c1-4-5-3-9(7)6(4)2-8-5;;/h4-6,8H,1-3H2;1H3;/q2*-1;. The van der Waals surface area contributed by atoms with Crippen LogP contribution in [0.15, 0.2) is 0 Å². The summed E-state index contributed by atoms with van der Waals surface area (Å²) < 4.78 is 2.37. The topological polar surface area (TPSA) is 15.3 Å². The third-order valence-corrected chi connectivity index (χ3v) is 3.44. The van der Waals surface area contributed by atoms with Crippen LogP contribution in [-0.4, -0.2) is 28.3 Å². The van der Waals surface area contributed by atoms with Gasteiger partial charge < -0.3 is 19.7 Å². The maximum Gasteiger partial charge on any atom is 0.0216 e. The fraction of sp³-hybridized carbons (Fsp3) is 0.714. The predicted molar refractivity (Wildman–Crippen MR) is 51.6 cm³/mol. The van der Waals surface area contributed by atoms with Crippen LogP contribution in [-0.2, 0) is 0 Å². The Morgan fingerprint density at radius 1 is 1.55 bits per heavy atom. The van der Waals surface area contributed by atoms with Gasteiger partial charge in [0.1, 0.15) is 0 Å². The van der Waals surface area contributed by atoms with E-state index in [9.17, 15) is 0 Å². The first kappa shape index (κ1) is 10.7. The summed E-state index contributed by atoms with van der Waals surface area (Å²) in [7, 11) is 0. The summed E-state index contributed by atoms with van der Waals surface area (Å²) in [5, 5.41) is 3.43. The molecular weight excluding hydrogens is 501 g/mol. The van der Waals surface area contributed by atoms with E-state index in [1.54, 1.807) is 0 Å². The number of hydrogen-bond acceptors (Lipinski definition) is 2. The quantitative estimate of drug-likeness (QED) is 0.294. The molecule has 1 radical (unpaired) electrons. The Morgan fingerprint density at radius 3 is 2.36 bits per heavy atom.